The zero-order valence-corrected chi connectivity index (χ0v) is 12.3. The first-order valence-corrected chi connectivity index (χ1v) is 5.88. The standard InChI is InChI=1S/C6F10I2O/c7-1(19)2(8,17)3(9,10)4(11,12)5(13,14)6(15,16)18. The van der Waals surface area contributed by atoms with Gasteiger partial charge in [-0.25, -0.2) is 4.39 Å². The molecular weight excluding hydrogens is 532 g/mol. The molecule has 0 bridgehead atoms. The van der Waals surface area contributed by atoms with E-state index >= 15 is 0 Å². The predicted octanol–water partition coefficient (Wildman–Crippen LogP) is 4.52. The van der Waals surface area contributed by atoms with Crippen molar-refractivity contribution in [2.45, 2.75) is 25.4 Å². The van der Waals surface area contributed by atoms with Gasteiger partial charge in [0.15, 0.2) is 0 Å². The van der Waals surface area contributed by atoms with Gasteiger partial charge in [0.1, 0.15) is 0 Å². The smallest absolute Gasteiger partial charge is 0.256 e. The molecule has 0 aromatic heterocycles. The molecule has 1 unspecified atom stereocenters. The monoisotopic (exact) mass is 532 g/mol. The molecule has 0 heterocycles. The molecule has 0 saturated heterocycles. The van der Waals surface area contributed by atoms with Crippen molar-refractivity contribution in [3.05, 3.63) is 0 Å². The minimum atomic E-state index is -7.03. The van der Waals surface area contributed by atoms with Gasteiger partial charge in [-0.2, -0.15) is 39.5 Å². The normalized spacial score (nSPS) is 18.1. The number of carbonyl (C=O) groups is 1. The van der Waals surface area contributed by atoms with Crippen molar-refractivity contribution in [1.82, 2.24) is 0 Å². The Morgan fingerprint density at radius 1 is 0.684 bits per heavy atom. The van der Waals surface area contributed by atoms with Crippen molar-refractivity contribution in [3.63, 3.8) is 0 Å². The van der Waals surface area contributed by atoms with E-state index in [-0.39, 0.29) is 0 Å². The molecule has 0 aliphatic carbocycles. The van der Waals surface area contributed by atoms with Crippen molar-refractivity contribution in [1.29, 1.82) is 0 Å². The third-order valence-electron chi connectivity index (χ3n) is 1.79. The number of hydrogen-bond acceptors (Lipinski definition) is 1. The summed E-state index contributed by atoms with van der Waals surface area (Å²) in [5, 5.41) is 0. The topological polar surface area (TPSA) is 17.1 Å². The Kier molecular flexibility index (Phi) is 5.12. The van der Waals surface area contributed by atoms with Crippen LogP contribution in [0.1, 0.15) is 0 Å². The molecule has 0 fully saturated rings. The minimum absolute atomic E-state index is 0.500. The van der Waals surface area contributed by atoms with E-state index in [1.54, 1.807) is 0 Å². The zero-order valence-electron chi connectivity index (χ0n) is 7.94. The molecule has 0 aliphatic rings. The lowest BCUT2D eigenvalue weighted by molar-refractivity contribution is -0.353. The summed E-state index contributed by atoms with van der Waals surface area (Å²) in [5.41, 5.74) is 0. The molecule has 0 radical (unpaired) electrons. The van der Waals surface area contributed by atoms with E-state index in [9.17, 15) is 48.7 Å². The van der Waals surface area contributed by atoms with E-state index in [0.29, 0.717) is 0 Å². The van der Waals surface area contributed by atoms with E-state index in [1.165, 1.54) is 0 Å². The highest BCUT2D eigenvalue weighted by Gasteiger charge is 2.86. The van der Waals surface area contributed by atoms with Crippen LogP contribution in [0.4, 0.5) is 43.9 Å². The summed E-state index contributed by atoms with van der Waals surface area (Å²) in [7, 11) is 0. The zero-order chi connectivity index (χ0) is 16.1. The molecule has 19 heavy (non-hydrogen) atoms. The molecule has 0 aromatic rings. The summed E-state index contributed by atoms with van der Waals surface area (Å²) in [6.45, 7) is 0. The van der Waals surface area contributed by atoms with Crippen molar-refractivity contribution in [3.8, 4) is 0 Å². The summed E-state index contributed by atoms with van der Waals surface area (Å²) in [6, 6.07) is -3.72. The predicted molar refractivity (Wildman–Crippen MR) is 57.8 cm³/mol. The Labute approximate surface area is 125 Å². The van der Waals surface area contributed by atoms with Crippen LogP contribution >= 0.6 is 45.2 Å². The Morgan fingerprint density at radius 2 is 1.00 bits per heavy atom. The molecule has 114 valence electrons. The summed E-state index contributed by atoms with van der Waals surface area (Å²) in [5.74, 6) is -20.5. The lowest BCUT2D eigenvalue weighted by Crippen LogP contribution is -2.66. The lowest BCUT2D eigenvalue weighted by atomic mass is 10.0. The average Bonchev–Trinajstić information content (AvgIpc) is 2.14. The number of hydrogen-bond donors (Lipinski definition) is 0. The second-order valence-electron chi connectivity index (χ2n) is 3.07. The van der Waals surface area contributed by atoms with Crippen molar-refractivity contribution in [2.75, 3.05) is 0 Å². The van der Waals surface area contributed by atoms with E-state index < -0.39 is 76.6 Å². The van der Waals surface area contributed by atoms with E-state index in [4.69, 9.17) is 0 Å². The SMILES string of the molecule is O=C(F)C(F)(I)C(F)(F)C(F)(F)C(F)(F)C(F)(F)I. The molecule has 13 heteroatoms. The molecule has 0 aromatic carbocycles. The molecular formula is C6F10I2O. The summed E-state index contributed by atoms with van der Waals surface area (Å²) < 4.78 is 115. The summed E-state index contributed by atoms with van der Waals surface area (Å²) in [4.78, 5) is 9.84. The first kappa shape index (κ1) is 19.4. The molecule has 1 atom stereocenters. The average molecular weight is 532 g/mol. The van der Waals surface area contributed by atoms with Gasteiger partial charge in [-0.05, 0) is 22.6 Å². The third-order valence-corrected chi connectivity index (χ3v) is 3.56. The first-order valence-electron chi connectivity index (χ1n) is 3.72. The van der Waals surface area contributed by atoms with Gasteiger partial charge < -0.3 is 0 Å². The molecule has 1 nitrogen and oxygen atoms in total. The summed E-state index contributed by atoms with van der Waals surface area (Å²) in [6.07, 6.45) is 0. The van der Waals surface area contributed by atoms with Crippen LogP contribution < -0.4 is 0 Å². The maximum Gasteiger partial charge on any atom is 0.387 e. The van der Waals surface area contributed by atoms with Crippen LogP contribution in [-0.2, 0) is 4.79 Å². The van der Waals surface area contributed by atoms with Crippen LogP contribution in [0.15, 0.2) is 0 Å². The van der Waals surface area contributed by atoms with Gasteiger partial charge in [0.05, 0.1) is 0 Å². The maximum atomic E-state index is 12.9. The molecule has 0 N–H and O–H groups in total. The summed E-state index contributed by atoms with van der Waals surface area (Å²) >= 11 is -1.07. The Balaban J connectivity index is 5.99. The minimum Gasteiger partial charge on any atom is -0.256 e. The van der Waals surface area contributed by atoms with Crippen molar-refractivity contribution >= 4 is 51.2 Å². The Morgan fingerprint density at radius 3 is 1.21 bits per heavy atom. The van der Waals surface area contributed by atoms with Crippen LogP contribution in [0.25, 0.3) is 0 Å². The first-order chi connectivity index (χ1) is 7.94. The van der Waals surface area contributed by atoms with Crippen molar-refractivity contribution in [2.24, 2.45) is 0 Å². The van der Waals surface area contributed by atoms with E-state index in [2.05, 4.69) is 0 Å². The quantitative estimate of drug-likeness (QED) is 0.221. The fourth-order valence-corrected chi connectivity index (χ4v) is 1.37. The van der Waals surface area contributed by atoms with Crippen LogP contribution in [0.2, 0.25) is 0 Å². The van der Waals surface area contributed by atoms with Gasteiger partial charge in [-0.15, -0.1) is 0 Å². The van der Waals surface area contributed by atoms with Gasteiger partial charge in [-0.3, -0.25) is 4.79 Å². The van der Waals surface area contributed by atoms with Crippen LogP contribution in [-0.4, -0.2) is 31.4 Å². The van der Waals surface area contributed by atoms with E-state index in [0.717, 1.165) is 0 Å². The number of rotatable bonds is 5. The number of alkyl halides is 11. The van der Waals surface area contributed by atoms with Gasteiger partial charge in [-0.1, -0.05) is 0 Å². The Hall–Kier alpha value is 0.430. The van der Waals surface area contributed by atoms with Gasteiger partial charge in [0, 0.05) is 22.6 Å². The molecule has 0 saturated carbocycles. The van der Waals surface area contributed by atoms with Gasteiger partial charge >= 0.3 is 31.4 Å². The van der Waals surface area contributed by atoms with Gasteiger partial charge in [0.2, 0.25) is 0 Å². The molecule has 0 rings (SSSR count). The largest absolute Gasteiger partial charge is 0.387 e. The number of halogens is 12. The molecule has 0 amide bonds. The van der Waals surface area contributed by atoms with Crippen LogP contribution in [0.3, 0.4) is 0 Å². The highest BCUT2D eigenvalue weighted by Crippen LogP contribution is 2.59. The number of carbonyl (C=O) groups excluding carboxylic acids is 1. The van der Waals surface area contributed by atoms with Gasteiger partial charge in [0.25, 0.3) is 0 Å². The van der Waals surface area contributed by atoms with Crippen LogP contribution in [0, 0.1) is 0 Å². The Bertz CT molecular complexity index is 373. The highest BCUT2D eigenvalue weighted by molar-refractivity contribution is 14.1. The highest BCUT2D eigenvalue weighted by atomic mass is 127. The molecule has 0 aliphatic heterocycles. The maximum absolute atomic E-state index is 12.9. The fraction of sp³-hybridized carbons (Fsp3) is 0.833. The third kappa shape index (κ3) is 2.76. The fourth-order valence-electron chi connectivity index (χ4n) is 0.696. The second-order valence-corrected chi connectivity index (χ2v) is 5.91. The van der Waals surface area contributed by atoms with E-state index in [1.807, 2.05) is 0 Å². The van der Waals surface area contributed by atoms with Crippen LogP contribution in [0.5, 0.6) is 0 Å². The second kappa shape index (κ2) is 5.01. The molecule has 0 spiro atoms. The van der Waals surface area contributed by atoms with Crippen molar-refractivity contribution < 1.29 is 48.7 Å². The lowest BCUT2D eigenvalue weighted by Gasteiger charge is -2.37.